The summed E-state index contributed by atoms with van der Waals surface area (Å²) < 4.78 is 10.5. The maximum atomic E-state index is 12.5. The Kier molecular flexibility index (Phi) is 2.56. The lowest BCUT2D eigenvalue weighted by Gasteiger charge is -2.06. The molecule has 21 heavy (non-hydrogen) atoms. The normalized spacial score (nSPS) is 16.4. The van der Waals surface area contributed by atoms with Crippen LogP contribution in [0.15, 0.2) is 36.4 Å². The highest BCUT2D eigenvalue weighted by Gasteiger charge is 2.41. The second kappa shape index (κ2) is 4.33. The number of Topliss-reactive ketones (excluding diaryl/α,β-unsaturated/α-hetero) is 2. The second-order valence-corrected chi connectivity index (χ2v) is 5.40. The maximum absolute atomic E-state index is 12.5. The minimum Gasteiger partial charge on any atom is -0.454 e. The first-order valence-corrected chi connectivity index (χ1v) is 6.80. The molecular weight excluding hydrogens is 292 g/mol. The molecule has 1 aliphatic heterocycles. The molecule has 104 valence electrons. The van der Waals surface area contributed by atoms with E-state index in [1.54, 1.807) is 36.4 Å². The van der Waals surface area contributed by atoms with Gasteiger partial charge in [0.25, 0.3) is 0 Å². The number of ketones is 2. The summed E-state index contributed by atoms with van der Waals surface area (Å²) in [6.45, 7) is 0.112. The highest BCUT2D eigenvalue weighted by molar-refractivity contribution is 6.31. The molecule has 5 heteroatoms. The summed E-state index contributed by atoms with van der Waals surface area (Å²) in [6, 6.07) is 9.94. The van der Waals surface area contributed by atoms with Crippen molar-refractivity contribution in [3.05, 3.63) is 58.1 Å². The van der Waals surface area contributed by atoms with Crippen LogP contribution in [0.1, 0.15) is 32.2 Å². The van der Waals surface area contributed by atoms with Gasteiger partial charge in [-0.1, -0.05) is 23.7 Å². The fourth-order valence-corrected chi connectivity index (χ4v) is 2.86. The lowest BCUT2D eigenvalue weighted by molar-refractivity contribution is 0.0889. The molecule has 0 atom stereocenters. The van der Waals surface area contributed by atoms with Crippen molar-refractivity contribution in [3.8, 4) is 11.5 Å². The summed E-state index contributed by atoms with van der Waals surface area (Å²) in [5.41, 5.74) is 1.43. The van der Waals surface area contributed by atoms with Gasteiger partial charge in [0.15, 0.2) is 23.1 Å². The molecule has 1 heterocycles. The van der Waals surface area contributed by atoms with Crippen molar-refractivity contribution >= 4 is 23.2 Å². The molecule has 0 fully saturated rings. The summed E-state index contributed by atoms with van der Waals surface area (Å²) >= 11 is 5.85. The zero-order valence-electron chi connectivity index (χ0n) is 10.8. The van der Waals surface area contributed by atoms with E-state index >= 15 is 0 Å². The summed E-state index contributed by atoms with van der Waals surface area (Å²) in [7, 11) is 0. The number of carbonyl (C=O) groups excluding carboxylic acids is 2. The number of halogens is 1. The summed E-state index contributed by atoms with van der Waals surface area (Å²) in [4.78, 5) is 25.1. The molecule has 1 aliphatic carbocycles. The van der Waals surface area contributed by atoms with Gasteiger partial charge in [0.2, 0.25) is 6.79 Å². The van der Waals surface area contributed by atoms with Crippen LogP contribution in [-0.4, -0.2) is 18.4 Å². The van der Waals surface area contributed by atoms with E-state index in [1.807, 2.05) is 0 Å². The van der Waals surface area contributed by atoms with Gasteiger partial charge in [-0.3, -0.25) is 9.59 Å². The van der Waals surface area contributed by atoms with Crippen molar-refractivity contribution < 1.29 is 19.1 Å². The Morgan fingerprint density at radius 1 is 0.905 bits per heavy atom. The molecule has 4 nitrogen and oxygen atoms in total. The van der Waals surface area contributed by atoms with Crippen molar-refractivity contribution in [2.75, 3.05) is 6.79 Å². The van der Waals surface area contributed by atoms with Crippen molar-refractivity contribution in [2.24, 2.45) is 0 Å². The second-order valence-electron chi connectivity index (χ2n) is 4.96. The van der Waals surface area contributed by atoms with Crippen molar-refractivity contribution in [1.29, 1.82) is 0 Å². The number of rotatable bonds is 1. The van der Waals surface area contributed by atoms with Crippen LogP contribution in [0.25, 0.3) is 0 Å². The molecule has 4 rings (SSSR count). The van der Waals surface area contributed by atoms with Crippen LogP contribution in [0, 0.1) is 0 Å². The van der Waals surface area contributed by atoms with Crippen molar-refractivity contribution in [2.45, 2.75) is 5.92 Å². The third-order valence-corrected chi connectivity index (χ3v) is 4.02. The van der Waals surface area contributed by atoms with Gasteiger partial charge in [0.05, 0.1) is 0 Å². The molecule has 0 saturated heterocycles. The summed E-state index contributed by atoms with van der Waals surface area (Å²) in [5.74, 6) is -0.218. The number of ether oxygens (including phenoxy) is 2. The van der Waals surface area contributed by atoms with Crippen LogP contribution in [0.2, 0.25) is 5.02 Å². The molecule has 0 radical (unpaired) electrons. The number of carbonyl (C=O) groups is 2. The first-order chi connectivity index (χ1) is 10.1. The van der Waals surface area contributed by atoms with E-state index < -0.39 is 5.92 Å². The quantitative estimate of drug-likeness (QED) is 0.759. The first kappa shape index (κ1) is 12.4. The Balaban J connectivity index is 1.82. The monoisotopic (exact) mass is 300 g/mol. The van der Waals surface area contributed by atoms with Gasteiger partial charge in [-0.25, -0.2) is 0 Å². The lowest BCUT2D eigenvalue weighted by atomic mass is 9.94. The largest absolute Gasteiger partial charge is 0.454 e. The van der Waals surface area contributed by atoms with Crippen LogP contribution >= 0.6 is 11.6 Å². The Morgan fingerprint density at radius 2 is 1.43 bits per heavy atom. The Hall–Kier alpha value is -2.33. The number of hydrogen-bond acceptors (Lipinski definition) is 4. The SMILES string of the molecule is O=C1c2cc3c(cc2C(=O)C1c1ccc(Cl)cc1)OCO3. The topological polar surface area (TPSA) is 52.6 Å². The van der Waals surface area contributed by atoms with Crippen LogP contribution in [-0.2, 0) is 0 Å². The van der Waals surface area contributed by atoms with Gasteiger partial charge in [-0.05, 0) is 29.8 Å². The van der Waals surface area contributed by atoms with E-state index in [-0.39, 0.29) is 18.4 Å². The average Bonchev–Trinajstić information content (AvgIpc) is 3.03. The van der Waals surface area contributed by atoms with Crippen LogP contribution in [0.3, 0.4) is 0 Å². The third-order valence-electron chi connectivity index (χ3n) is 3.77. The molecule has 0 saturated carbocycles. The van der Waals surface area contributed by atoms with Gasteiger partial charge in [-0.15, -0.1) is 0 Å². The van der Waals surface area contributed by atoms with Gasteiger partial charge in [0.1, 0.15) is 5.92 Å². The predicted octanol–water partition coefficient (Wildman–Crippen LogP) is 3.23. The van der Waals surface area contributed by atoms with E-state index in [2.05, 4.69) is 0 Å². The van der Waals surface area contributed by atoms with E-state index in [0.717, 1.165) is 0 Å². The van der Waals surface area contributed by atoms with Crippen molar-refractivity contribution in [1.82, 2.24) is 0 Å². The van der Waals surface area contributed by atoms with E-state index in [1.165, 1.54) is 0 Å². The number of hydrogen-bond donors (Lipinski definition) is 0. The third kappa shape index (κ3) is 1.76. The van der Waals surface area contributed by atoms with Crippen molar-refractivity contribution in [3.63, 3.8) is 0 Å². The molecule has 2 aromatic rings. The molecule has 2 aromatic carbocycles. The highest BCUT2D eigenvalue weighted by Crippen LogP contribution is 2.42. The van der Waals surface area contributed by atoms with Crippen LogP contribution < -0.4 is 9.47 Å². The molecule has 0 aromatic heterocycles. The lowest BCUT2D eigenvalue weighted by Crippen LogP contribution is -2.12. The fourth-order valence-electron chi connectivity index (χ4n) is 2.74. The molecule has 2 aliphatic rings. The van der Waals surface area contributed by atoms with E-state index in [0.29, 0.717) is 33.2 Å². The molecule has 0 unspecified atom stereocenters. The number of fused-ring (bicyclic) bond motifs is 2. The van der Waals surface area contributed by atoms with Gasteiger partial charge < -0.3 is 9.47 Å². The summed E-state index contributed by atoms with van der Waals surface area (Å²) in [5, 5.41) is 0.565. The fraction of sp³-hybridized carbons (Fsp3) is 0.125. The molecule has 0 N–H and O–H groups in total. The van der Waals surface area contributed by atoms with E-state index in [4.69, 9.17) is 21.1 Å². The van der Waals surface area contributed by atoms with Crippen LogP contribution in [0.4, 0.5) is 0 Å². The smallest absolute Gasteiger partial charge is 0.231 e. The standard InChI is InChI=1S/C16H9ClO4/c17-9-3-1-8(2-4-9)14-15(18)10-5-12-13(21-7-20-12)6-11(10)16(14)19/h1-6,14H,7H2. The average molecular weight is 301 g/mol. The van der Waals surface area contributed by atoms with Gasteiger partial charge in [0, 0.05) is 16.1 Å². The Morgan fingerprint density at radius 3 is 1.95 bits per heavy atom. The van der Waals surface area contributed by atoms with Gasteiger partial charge in [-0.2, -0.15) is 0 Å². The minimum absolute atomic E-state index is 0.112. The highest BCUT2D eigenvalue weighted by atomic mass is 35.5. The van der Waals surface area contributed by atoms with Gasteiger partial charge >= 0.3 is 0 Å². The maximum Gasteiger partial charge on any atom is 0.231 e. The molecular formula is C16H9ClO4. The molecule has 0 spiro atoms. The predicted molar refractivity (Wildman–Crippen MR) is 75.4 cm³/mol. The molecule has 0 amide bonds. The zero-order chi connectivity index (χ0) is 14.6. The summed E-state index contributed by atoms with van der Waals surface area (Å²) in [6.07, 6.45) is 0. The Bertz CT molecular complexity index is 737. The zero-order valence-corrected chi connectivity index (χ0v) is 11.5. The van der Waals surface area contributed by atoms with E-state index in [9.17, 15) is 9.59 Å². The minimum atomic E-state index is -0.806. The Labute approximate surface area is 125 Å². The molecule has 0 bridgehead atoms. The first-order valence-electron chi connectivity index (χ1n) is 6.42. The number of benzene rings is 2. The van der Waals surface area contributed by atoms with Crippen LogP contribution in [0.5, 0.6) is 11.5 Å².